The Morgan fingerprint density at radius 3 is 2.75 bits per heavy atom. The summed E-state index contributed by atoms with van der Waals surface area (Å²) in [5.74, 6) is -0.334. The molecule has 1 aliphatic heterocycles. The van der Waals surface area contributed by atoms with Crippen molar-refractivity contribution in [1.82, 2.24) is 4.90 Å². The van der Waals surface area contributed by atoms with Gasteiger partial charge in [0.25, 0.3) is 0 Å². The minimum absolute atomic E-state index is 0.0387. The predicted molar refractivity (Wildman–Crippen MR) is 90.0 cm³/mol. The van der Waals surface area contributed by atoms with Gasteiger partial charge in [0.2, 0.25) is 5.91 Å². The standard InChI is InChI=1S/C18H15ClFN3O/c19-14-4-3-13(10-21)17(9-14)22-16-7-8-23(18(16)24)11-12-1-5-15(20)6-2-12/h1-6,9,16,22H,7-8,11H2. The number of nitriles is 1. The van der Waals surface area contributed by atoms with Gasteiger partial charge in [-0.15, -0.1) is 0 Å². The fourth-order valence-corrected chi connectivity index (χ4v) is 2.93. The van der Waals surface area contributed by atoms with E-state index in [1.165, 1.54) is 12.1 Å². The number of anilines is 1. The fraction of sp³-hybridized carbons (Fsp3) is 0.222. The smallest absolute Gasteiger partial charge is 0.245 e. The Labute approximate surface area is 144 Å². The third-order valence-electron chi connectivity index (χ3n) is 4.02. The molecular weight excluding hydrogens is 329 g/mol. The van der Waals surface area contributed by atoms with Crippen molar-refractivity contribution in [3.8, 4) is 6.07 Å². The van der Waals surface area contributed by atoms with Gasteiger partial charge < -0.3 is 10.2 Å². The van der Waals surface area contributed by atoms with E-state index in [9.17, 15) is 9.18 Å². The number of likely N-dealkylation sites (tertiary alicyclic amines) is 1. The summed E-state index contributed by atoms with van der Waals surface area (Å²) in [6.07, 6.45) is 0.636. The number of halogens is 2. The van der Waals surface area contributed by atoms with Gasteiger partial charge in [-0.05, 0) is 42.3 Å². The summed E-state index contributed by atoms with van der Waals surface area (Å²) in [6.45, 7) is 1.05. The van der Waals surface area contributed by atoms with Gasteiger partial charge in [-0.3, -0.25) is 4.79 Å². The van der Waals surface area contributed by atoms with Crippen molar-refractivity contribution in [2.45, 2.75) is 19.0 Å². The Morgan fingerprint density at radius 2 is 2.04 bits per heavy atom. The monoisotopic (exact) mass is 343 g/mol. The highest BCUT2D eigenvalue weighted by Gasteiger charge is 2.31. The number of hydrogen-bond donors (Lipinski definition) is 1. The molecule has 0 saturated carbocycles. The van der Waals surface area contributed by atoms with Gasteiger partial charge in [0.15, 0.2) is 0 Å². The van der Waals surface area contributed by atoms with Crippen LogP contribution in [0.4, 0.5) is 10.1 Å². The van der Waals surface area contributed by atoms with Crippen LogP contribution in [0.1, 0.15) is 17.5 Å². The average Bonchev–Trinajstić information content (AvgIpc) is 2.90. The molecule has 2 aromatic carbocycles. The van der Waals surface area contributed by atoms with Crippen molar-refractivity contribution in [1.29, 1.82) is 5.26 Å². The number of carbonyl (C=O) groups is 1. The van der Waals surface area contributed by atoms with Gasteiger partial charge in [0.05, 0.1) is 11.3 Å². The van der Waals surface area contributed by atoms with Crippen LogP contribution in [0, 0.1) is 17.1 Å². The Bertz CT molecular complexity index is 801. The molecule has 1 fully saturated rings. The number of nitrogens with zero attached hydrogens (tertiary/aromatic N) is 2. The highest BCUT2D eigenvalue weighted by Crippen LogP contribution is 2.24. The lowest BCUT2D eigenvalue weighted by molar-refractivity contribution is -0.128. The minimum atomic E-state index is -0.393. The topological polar surface area (TPSA) is 56.1 Å². The molecule has 2 aromatic rings. The molecule has 1 unspecified atom stereocenters. The molecule has 1 amide bonds. The number of hydrogen-bond acceptors (Lipinski definition) is 3. The quantitative estimate of drug-likeness (QED) is 0.923. The molecule has 1 saturated heterocycles. The molecule has 0 spiro atoms. The maximum absolute atomic E-state index is 13.0. The molecule has 1 atom stereocenters. The summed E-state index contributed by atoms with van der Waals surface area (Å²) in [4.78, 5) is 14.3. The van der Waals surface area contributed by atoms with Crippen molar-refractivity contribution >= 4 is 23.2 Å². The van der Waals surface area contributed by atoms with E-state index in [1.54, 1.807) is 35.2 Å². The molecule has 0 radical (unpaired) electrons. The van der Waals surface area contributed by atoms with Crippen LogP contribution in [-0.2, 0) is 11.3 Å². The van der Waals surface area contributed by atoms with E-state index in [-0.39, 0.29) is 11.7 Å². The van der Waals surface area contributed by atoms with E-state index in [0.29, 0.717) is 35.8 Å². The molecular formula is C18H15ClFN3O. The SMILES string of the molecule is N#Cc1ccc(Cl)cc1NC1CCN(Cc2ccc(F)cc2)C1=O. The first kappa shape index (κ1) is 16.3. The number of nitrogens with one attached hydrogen (secondary N) is 1. The summed E-state index contributed by atoms with van der Waals surface area (Å²) in [6, 6.07) is 12.7. The maximum Gasteiger partial charge on any atom is 0.245 e. The first-order valence-electron chi connectivity index (χ1n) is 7.56. The highest BCUT2D eigenvalue weighted by molar-refractivity contribution is 6.30. The van der Waals surface area contributed by atoms with Gasteiger partial charge >= 0.3 is 0 Å². The van der Waals surface area contributed by atoms with E-state index in [4.69, 9.17) is 16.9 Å². The molecule has 4 nitrogen and oxygen atoms in total. The number of rotatable bonds is 4. The third kappa shape index (κ3) is 3.50. The fourth-order valence-electron chi connectivity index (χ4n) is 2.76. The van der Waals surface area contributed by atoms with Crippen LogP contribution >= 0.6 is 11.6 Å². The maximum atomic E-state index is 13.0. The zero-order valence-corrected chi connectivity index (χ0v) is 13.6. The first-order valence-corrected chi connectivity index (χ1v) is 7.94. The van der Waals surface area contributed by atoms with Crippen LogP contribution in [0.15, 0.2) is 42.5 Å². The summed E-state index contributed by atoms with van der Waals surface area (Å²) in [5, 5.41) is 12.8. The van der Waals surface area contributed by atoms with Crippen molar-refractivity contribution in [3.63, 3.8) is 0 Å². The van der Waals surface area contributed by atoms with Crippen molar-refractivity contribution in [3.05, 3.63) is 64.4 Å². The second-order valence-electron chi connectivity index (χ2n) is 5.67. The Hall–Kier alpha value is -2.58. The van der Waals surface area contributed by atoms with Crippen molar-refractivity contribution < 1.29 is 9.18 Å². The molecule has 6 heteroatoms. The average molecular weight is 344 g/mol. The van der Waals surface area contributed by atoms with Crippen molar-refractivity contribution in [2.24, 2.45) is 0 Å². The second-order valence-corrected chi connectivity index (χ2v) is 6.11. The van der Waals surface area contributed by atoms with Gasteiger partial charge in [0.1, 0.15) is 17.9 Å². The normalized spacial score (nSPS) is 17.0. The van der Waals surface area contributed by atoms with Gasteiger partial charge in [-0.2, -0.15) is 5.26 Å². The Morgan fingerprint density at radius 1 is 1.29 bits per heavy atom. The highest BCUT2D eigenvalue weighted by atomic mass is 35.5. The summed E-state index contributed by atoms with van der Waals surface area (Å²) in [7, 11) is 0. The lowest BCUT2D eigenvalue weighted by Crippen LogP contribution is -2.33. The Kier molecular flexibility index (Phi) is 4.68. The molecule has 0 aliphatic carbocycles. The number of benzene rings is 2. The van der Waals surface area contributed by atoms with Crippen LogP contribution in [0.2, 0.25) is 5.02 Å². The van der Waals surface area contributed by atoms with Crippen molar-refractivity contribution in [2.75, 3.05) is 11.9 Å². The molecule has 0 aromatic heterocycles. The zero-order chi connectivity index (χ0) is 17.1. The molecule has 1 heterocycles. The van der Waals surface area contributed by atoms with E-state index < -0.39 is 6.04 Å². The predicted octanol–water partition coefficient (Wildman–Crippen LogP) is 3.56. The third-order valence-corrected chi connectivity index (χ3v) is 4.25. The lowest BCUT2D eigenvalue weighted by atomic mass is 10.1. The number of amides is 1. The molecule has 24 heavy (non-hydrogen) atoms. The largest absolute Gasteiger partial charge is 0.373 e. The van der Waals surface area contributed by atoms with Crippen LogP contribution < -0.4 is 5.32 Å². The van der Waals surface area contributed by atoms with E-state index in [0.717, 1.165) is 5.56 Å². The molecule has 0 bridgehead atoms. The van der Waals surface area contributed by atoms with Crippen LogP contribution in [0.25, 0.3) is 0 Å². The minimum Gasteiger partial charge on any atom is -0.373 e. The lowest BCUT2D eigenvalue weighted by Gasteiger charge is -2.18. The summed E-state index contributed by atoms with van der Waals surface area (Å²) < 4.78 is 13.0. The number of carbonyl (C=O) groups excluding carboxylic acids is 1. The summed E-state index contributed by atoms with van der Waals surface area (Å²) >= 11 is 5.97. The molecule has 1 aliphatic rings. The van der Waals surface area contributed by atoms with Crippen LogP contribution in [-0.4, -0.2) is 23.4 Å². The van der Waals surface area contributed by atoms with Gasteiger partial charge in [-0.1, -0.05) is 23.7 Å². The van der Waals surface area contributed by atoms with Gasteiger partial charge in [0, 0.05) is 18.1 Å². The van der Waals surface area contributed by atoms with Crippen LogP contribution in [0.3, 0.4) is 0 Å². The van der Waals surface area contributed by atoms with E-state index in [1.807, 2.05) is 0 Å². The second kappa shape index (κ2) is 6.90. The van der Waals surface area contributed by atoms with E-state index >= 15 is 0 Å². The zero-order valence-electron chi connectivity index (χ0n) is 12.8. The first-order chi connectivity index (χ1) is 11.6. The molecule has 3 rings (SSSR count). The Balaban J connectivity index is 1.69. The van der Waals surface area contributed by atoms with E-state index in [2.05, 4.69) is 11.4 Å². The summed E-state index contributed by atoms with van der Waals surface area (Å²) in [5.41, 5.74) is 1.89. The molecule has 1 N–H and O–H groups in total. The van der Waals surface area contributed by atoms with Gasteiger partial charge in [-0.25, -0.2) is 4.39 Å². The molecule has 122 valence electrons. The van der Waals surface area contributed by atoms with Crippen LogP contribution in [0.5, 0.6) is 0 Å².